The van der Waals surface area contributed by atoms with Gasteiger partial charge in [0.1, 0.15) is 11.9 Å². The molecule has 3 aromatic rings. The van der Waals surface area contributed by atoms with E-state index in [4.69, 9.17) is 0 Å². The maximum absolute atomic E-state index is 13.9. The summed E-state index contributed by atoms with van der Waals surface area (Å²) in [6.45, 7) is 6.19. The highest BCUT2D eigenvalue weighted by Gasteiger charge is 2.43. The van der Waals surface area contributed by atoms with Crippen molar-refractivity contribution in [2.24, 2.45) is 11.8 Å². The van der Waals surface area contributed by atoms with Crippen molar-refractivity contribution < 1.29 is 19.5 Å². The first-order valence-electron chi connectivity index (χ1n) is 15.8. The van der Waals surface area contributed by atoms with Crippen LogP contribution in [0, 0.1) is 11.8 Å². The van der Waals surface area contributed by atoms with Crippen molar-refractivity contribution in [1.29, 1.82) is 0 Å². The number of hydrogen-bond acceptors (Lipinski definition) is 4. The zero-order valence-electron chi connectivity index (χ0n) is 25.8. The van der Waals surface area contributed by atoms with E-state index in [0.717, 1.165) is 18.4 Å². The van der Waals surface area contributed by atoms with E-state index in [-0.39, 0.29) is 42.5 Å². The molecule has 0 bridgehead atoms. The molecule has 4 amide bonds. The van der Waals surface area contributed by atoms with Crippen molar-refractivity contribution >= 4 is 17.8 Å². The first-order chi connectivity index (χ1) is 21.3. The number of phenolic OH excluding ortho intramolecular Hbond substituents is 1. The van der Waals surface area contributed by atoms with Gasteiger partial charge < -0.3 is 25.1 Å². The number of carbonyl (C=O) groups excluding carboxylic acids is 3. The summed E-state index contributed by atoms with van der Waals surface area (Å²) in [7, 11) is 0. The molecule has 8 heteroatoms. The molecule has 2 unspecified atom stereocenters. The van der Waals surface area contributed by atoms with Crippen molar-refractivity contribution in [3.63, 3.8) is 0 Å². The molecule has 0 radical (unpaired) electrons. The van der Waals surface area contributed by atoms with E-state index in [1.165, 1.54) is 11.1 Å². The zero-order valence-corrected chi connectivity index (χ0v) is 25.8. The highest BCUT2D eigenvalue weighted by atomic mass is 16.3. The predicted molar refractivity (Wildman–Crippen MR) is 171 cm³/mol. The van der Waals surface area contributed by atoms with Gasteiger partial charge in [-0.25, -0.2) is 4.79 Å². The van der Waals surface area contributed by atoms with E-state index in [2.05, 4.69) is 43.4 Å². The Morgan fingerprint density at radius 1 is 0.886 bits per heavy atom. The fourth-order valence-electron chi connectivity index (χ4n) is 6.37. The van der Waals surface area contributed by atoms with Crippen LogP contribution in [-0.4, -0.2) is 76.5 Å². The standard InChI is InChI=1S/C36H44N4O4/c1-26(2)18-21-38-25-33-39(22-19-34(42)40(33)24-30(35(38)43)23-27-13-15-31(41)16-14-27)36(44)37-20-17-32(28-9-5-3-6-10-28)29-11-7-4-8-12-29/h3-16,26,30,32-33,41H,17-25H2,1-2H3,(H,37,44). The van der Waals surface area contributed by atoms with E-state index < -0.39 is 12.1 Å². The molecule has 2 heterocycles. The molecule has 2 aliphatic heterocycles. The molecule has 0 saturated carbocycles. The molecule has 2 aliphatic rings. The molecule has 44 heavy (non-hydrogen) atoms. The van der Waals surface area contributed by atoms with Crippen LogP contribution in [0.25, 0.3) is 0 Å². The smallest absolute Gasteiger partial charge is 0.319 e. The van der Waals surface area contributed by atoms with Gasteiger partial charge in [0.25, 0.3) is 0 Å². The highest BCUT2D eigenvalue weighted by Crippen LogP contribution is 2.29. The lowest BCUT2D eigenvalue weighted by molar-refractivity contribution is -0.142. The normalized spacial score (nSPS) is 18.9. The Morgan fingerprint density at radius 3 is 2.14 bits per heavy atom. The molecule has 0 aromatic heterocycles. The maximum atomic E-state index is 13.9. The monoisotopic (exact) mass is 596 g/mol. The minimum Gasteiger partial charge on any atom is -0.508 e. The van der Waals surface area contributed by atoms with Crippen LogP contribution in [-0.2, 0) is 16.0 Å². The lowest BCUT2D eigenvalue weighted by atomic mass is 9.88. The predicted octanol–water partition coefficient (Wildman–Crippen LogP) is 5.23. The Bertz CT molecular complexity index is 1360. The molecule has 3 aromatic carbocycles. The third-order valence-electron chi connectivity index (χ3n) is 8.84. The SMILES string of the molecule is CC(C)CCN1CC2N(CC(Cc3ccc(O)cc3)C1=O)C(=O)CCN2C(=O)NCCC(c1ccccc1)c1ccccc1. The minimum atomic E-state index is -0.517. The first kappa shape index (κ1) is 31.1. The van der Waals surface area contributed by atoms with Crippen LogP contribution in [0.15, 0.2) is 84.9 Å². The van der Waals surface area contributed by atoms with Crippen molar-refractivity contribution in [2.45, 2.75) is 51.6 Å². The number of nitrogens with one attached hydrogen (secondary N) is 1. The number of amides is 4. The van der Waals surface area contributed by atoms with E-state index in [1.807, 2.05) is 53.4 Å². The van der Waals surface area contributed by atoms with Gasteiger partial charge in [0, 0.05) is 38.5 Å². The van der Waals surface area contributed by atoms with Gasteiger partial charge in [0.05, 0.1) is 12.5 Å². The Balaban J connectivity index is 1.32. The van der Waals surface area contributed by atoms with Gasteiger partial charge in [0.2, 0.25) is 11.8 Å². The van der Waals surface area contributed by atoms with Crippen molar-refractivity contribution in [3.05, 3.63) is 102 Å². The summed E-state index contributed by atoms with van der Waals surface area (Å²) in [5.74, 6) is 0.274. The van der Waals surface area contributed by atoms with Crippen molar-refractivity contribution in [3.8, 4) is 5.75 Å². The number of aromatic hydroxyl groups is 1. The van der Waals surface area contributed by atoms with Crippen LogP contribution in [0.2, 0.25) is 0 Å². The van der Waals surface area contributed by atoms with Crippen LogP contribution < -0.4 is 5.32 Å². The summed E-state index contributed by atoms with van der Waals surface area (Å²) in [4.78, 5) is 46.3. The summed E-state index contributed by atoms with van der Waals surface area (Å²) in [5.41, 5.74) is 3.32. The average Bonchev–Trinajstić information content (AvgIpc) is 3.17. The minimum absolute atomic E-state index is 0.00912. The molecule has 232 valence electrons. The molecule has 2 N–H and O–H groups in total. The lowest BCUT2D eigenvalue weighted by Crippen LogP contribution is -2.62. The summed E-state index contributed by atoms with van der Waals surface area (Å²) in [6, 6.07) is 27.3. The van der Waals surface area contributed by atoms with Crippen LogP contribution >= 0.6 is 0 Å². The summed E-state index contributed by atoms with van der Waals surface area (Å²) in [6.07, 6.45) is 1.74. The molecule has 0 spiro atoms. The second kappa shape index (κ2) is 14.4. The van der Waals surface area contributed by atoms with Gasteiger partial charge in [-0.05, 0) is 54.0 Å². The fraction of sp³-hybridized carbons (Fsp3) is 0.417. The van der Waals surface area contributed by atoms with Gasteiger partial charge in [0.15, 0.2) is 0 Å². The summed E-state index contributed by atoms with van der Waals surface area (Å²) < 4.78 is 0. The fourth-order valence-corrected chi connectivity index (χ4v) is 6.37. The van der Waals surface area contributed by atoms with Gasteiger partial charge >= 0.3 is 6.03 Å². The molecular weight excluding hydrogens is 552 g/mol. The third kappa shape index (κ3) is 7.59. The number of phenols is 1. The van der Waals surface area contributed by atoms with E-state index in [0.29, 0.717) is 38.5 Å². The number of urea groups is 1. The molecule has 0 aliphatic carbocycles. The number of nitrogens with zero attached hydrogens (tertiary/aromatic N) is 3. The van der Waals surface area contributed by atoms with Crippen LogP contribution in [0.4, 0.5) is 4.79 Å². The molecule has 5 rings (SSSR count). The Morgan fingerprint density at radius 2 is 1.52 bits per heavy atom. The second-order valence-corrected chi connectivity index (χ2v) is 12.4. The Labute approximate surface area is 260 Å². The summed E-state index contributed by atoms with van der Waals surface area (Å²) in [5, 5.41) is 12.9. The number of hydrogen-bond donors (Lipinski definition) is 2. The average molecular weight is 597 g/mol. The maximum Gasteiger partial charge on any atom is 0.319 e. The Hall–Kier alpha value is -4.33. The molecule has 2 atom stereocenters. The second-order valence-electron chi connectivity index (χ2n) is 12.4. The lowest BCUT2D eigenvalue weighted by Gasteiger charge is -2.43. The summed E-state index contributed by atoms with van der Waals surface area (Å²) >= 11 is 0. The molecule has 2 fully saturated rings. The van der Waals surface area contributed by atoms with E-state index in [1.54, 1.807) is 21.9 Å². The largest absolute Gasteiger partial charge is 0.508 e. The van der Waals surface area contributed by atoms with Gasteiger partial charge in [-0.15, -0.1) is 0 Å². The van der Waals surface area contributed by atoms with E-state index >= 15 is 0 Å². The third-order valence-corrected chi connectivity index (χ3v) is 8.84. The molecule has 2 saturated heterocycles. The number of carbonyl (C=O) groups is 3. The van der Waals surface area contributed by atoms with Gasteiger partial charge in [-0.3, -0.25) is 9.59 Å². The quantitative estimate of drug-likeness (QED) is 0.335. The van der Waals surface area contributed by atoms with E-state index in [9.17, 15) is 19.5 Å². The molecular formula is C36H44N4O4. The van der Waals surface area contributed by atoms with Gasteiger partial charge in [-0.1, -0.05) is 86.6 Å². The van der Waals surface area contributed by atoms with Gasteiger partial charge in [-0.2, -0.15) is 0 Å². The molecule has 8 nitrogen and oxygen atoms in total. The number of fused-ring (bicyclic) bond motifs is 1. The van der Waals surface area contributed by atoms with Crippen LogP contribution in [0.1, 0.15) is 55.7 Å². The number of rotatable bonds is 10. The van der Waals surface area contributed by atoms with Crippen molar-refractivity contribution in [1.82, 2.24) is 20.0 Å². The zero-order chi connectivity index (χ0) is 31.1. The topological polar surface area (TPSA) is 93.2 Å². The van der Waals surface area contributed by atoms with Crippen LogP contribution in [0.5, 0.6) is 5.75 Å². The highest BCUT2D eigenvalue weighted by molar-refractivity contribution is 5.85. The number of benzene rings is 3. The Kier molecular flexibility index (Phi) is 10.2. The van der Waals surface area contributed by atoms with Crippen molar-refractivity contribution in [2.75, 3.05) is 32.7 Å². The van der Waals surface area contributed by atoms with Crippen LogP contribution in [0.3, 0.4) is 0 Å². The first-order valence-corrected chi connectivity index (χ1v) is 15.8.